The Balaban J connectivity index is 2.01. The Morgan fingerprint density at radius 1 is 0.792 bits per heavy atom. The highest BCUT2D eigenvalue weighted by Gasteiger charge is 2.22. The summed E-state index contributed by atoms with van der Waals surface area (Å²) in [6.07, 6.45) is 0. The number of aromatic amines is 1. The number of carbonyl (C=O) groups is 1. The molecule has 4 rings (SSSR count). The molecule has 24 heavy (non-hydrogen) atoms. The minimum absolute atomic E-state index is 0.119. The number of rotatable bonds is 3. The monoisotopic (exact) mass is 315 g/mol. The van der Waals surface area contributed by atoms with Gasteiger partial charge in [-0.3, -0.25) is 4.79 Å². The normalized spacial score (nSPS) is 10.9. The van der Waals surface area contributed by atoms with Gasteiger partial charge in [0.05, 0.1) is 11.3 Å². The van der Waals surface area contributed by atoms with E-state index in [4.69, 9.17) is 0 Å². The van der Waals surface area contributed by atoms with Gasteiger partial charge in [-0.05, 0) is 18.2 Å². The highest BCUT2D eigenvalue weighted by Crippen LogP contribution is 2.33. The quantitative estimate of drug-likeness (QED) is 0.518. The molecule has 0 aliphatic rings. The van der Waals surface area contributed by atoms with Crippen molar-refractivity contribution in [1.29, 1.82) is 0 Å². The minimum Gasteiger partial charge on any atom is -0.354 e. The molecule has 0 aliphatic heterocycles. The molecule has 1 N–H and O–H groups in total. The Bertz CT molecular complexity index is 1030. The lowest BCUT2D eigenvalue weighted by molar-refractivity contribution is 0.104. The zero-order valence-corrected chi connectivity index (χ0v) is 12.8. The van der Waals surface area contributed by atoms with Gasteiger partial charge in [0.2, 0.25) is 0 Å². The first kappa shape index (κ1) is 14.4. The second-order valence-electron chi connectivity index (χ2n) is 5.60. The number of carbonyl (C=O) groups excluding carboxylic acids is 1. The molecule has 0 fully saturated rings. The third-order valence-electron chi connectivity index (χ3n) is 4.11. The molecule has 0 atom stereocenters. The van der Waals surface area contributed by atoms with E-state index in [0.717, 1.165) is 10.9 Å². The van der Waals surface area contributed by atoms with E-state index in [-0.39, 0.29) is 11.6 Å². The van der Waals surface area contributed by atoms with Gasteiger partial charge in [0.25, 0.3) is 0 Å². The van der Waals surface area contributed by atoms with Gasteiger partial charge in [-0.1, -0.05) is 60.7 Å². The molecule has 0 spiro atoms. The molecule has 4 aromatic rings. The lowest BCUT2D eigenvalue weighted by atomic mass is 9.97. The Morgan fingerprint density at radius 2 is 1.46 bits per heavy atom. The molecular formula is C21H14FNO. The van der Waals surface area contributed by atoms with Crippen LogP contribution in [0.5, 0.6) is 0 Å². The highest BCUT2D eigenvalue weighted by molar-refractivity contribution is 6.20. The van der Waals surface area contributed by atoms with E-state index in [1.54, 1.807) is 30.3 Å². The Morgan fingerprint density at radius 3 is 2.25 bits per heavy atom. The predicted molar refractivity (Wildman–Crippen MR) is 93.6 cm³/mol. The number of fused-ring (bicyclic) bond motifs is 1. The molecule has 0 saturated carbocycles. The number of benzene rings is 3. The van der Waals surface area contributed by atoms with Gasteiger partial charge in [-0.15, -0.1) is 0 Å². The summed E-state index contributed by atoms with van der Waals surface area (Å²) in [5, 5.41) is 0.796. The van der Waals surface area contributed by atoms with Gasteiger partial charge in [0.15, 0.2) is 5.78 Å². The molecule has 0 aliphatic carbocycles. The Hall–Kier alpha value is -3.20. The number of H-pyrrole nitrogens is 1. The predicted octanol–water partition coefficient (Wildman–Crippen LogP) is 5.21. The maximum absolute atomic E-state index is 14.3. The first-order valence-corrected chi connectivity index (χ1v) is 7.71. The number of para-hydroxylation sites is 1. The summed E-state index contributed by atoms with van der Waals surface area (Å²) >= 11 is 0. The zero-order chi connectivity index (χ0) is 16.5. The average Bonchev–Trinajstić information content (AvgIpc) is 3.01. The van der Waals surface area contributed by atoms with Gasteiger partial charge < -0.3 is 4.98 Å². The molecule has 0 bridgehead atoms. The molecule has 3 aromatic carbocycles. The number of aromatic nitrogens is 1. The first-order chi connectivity index (χ1) is 11.8. The van der Waals surface area contributed by atoms with Crippen LogP contribution in [0.1, 0.15) is 15.9 Å². The topological polar surface area (TPSA) is 32.9 Å². The Kier molecular flexibility index (Phi) is 3.47. The second kappa shape index (κ2) is 5.78. The van der Waals surface area contributed by atoms with Gasteiger partial charge in [-0.25, -0.2) is 4.39 Å². The van der Waals surface area contributed by atoms with Crippen LogP contribution in [0.25, 0.3) is 22.2 Å². The van der Waals surface area contributed by atoms with Crippen LogP contribution < -0.4 is 0 Å². The van der Waals surface area contributed by atoms with E-state index < -0.39 is 0 Å². The lowest BCUT2D eigenvalue weighted by Crippen LogP contribution is -2.02. The summed E-state index contributed by atoms with van der Waals surface area (Å²) in [7, 11) is 0. The van der Waals surface area contributed by atoms with Crippen LogP contribution >= 0.6 is 0 Å². The molecule has 3 heteroatoms. The fourth-order valence-corrected chi connectivity index (χ4v) is 2.98. The molecule has 2 nitrogen and oxygen atoms in total. The van der Waals surface area contributed by atoms with Crippen LogP contribution in [0.2, 0.25) is 0 Å². The summed E-state index contributed by atoms with van der Waals surface area (Å²) < 4.78 is 14.3. The molecule has 116 valence electrons. The summed E-state index contributed by atoms with van der Waals surface area (Å²) in [5.41, 5.74) is 2.81. The van der Waals surface area contributed by atoms with Crippen molar-refractivity contribution in [1.82, 2.24) is 4.98 Å². The van der Waals surface area contributed by atoms with Crippen molar-refractivity contribution < 1.29 is 9.18 Å². The van der Waals surface area contributed by atoms with Crippen molar-refractivity contribution in [2.24, 2.45) is 0 Å². The summed E-state index contributed by atoms with van der Waals surface area (Å²) in [4.78, 5) is 16.3. The van der Waals surface area contributed by atoms with Crippen LogP contribution in [0, 0.1) is 5.82 Å². The van der Waals surface area contributed by atoms with Gasteiger partial charge in [0, 0.05) is 22.0 Å². The summed E-state index contributed by atoms with van der Waals surface area (Å²) in [5.74, 6) is -0.475. The maximum atomic E-state index is 14.3. The molecule has 1 heterocycles. The van der Waals surface area contributed by atoms with E-state index in [1.165, 1.54) is 6.07 Å². The first-order valence-electron chi connectivity index (χ1n) is 7.71. The van der Waals surface area contributed by atoms with Crippen molar-refractivity contribution >= 4 is 16.7 Å². The number of hydrogen-bond donors (Lipinski definition) is 1. The van der Waals surface area contributed by atoms with Crippen molar-refractivity contribution in [3.63, 3.8) is 0 Å². The van der Waals surface area contributed by atoms with E-state index in [1.807, 2.05) is 42.5 Å². The molecule has 0 radical (unpaired) electrons. The van der Waals surface area contributed by atoms with Gasteiger partial charge >= 0.3 is 0 Å². The van der Waals surface area contributed by atoms with Crippen LogP contribution in [0.4, 0.5) is 4.39 Å². The van der Waals surface area contributed by atoms with Crippen LogP contribution in [-0.4, -0.2) is 10.8 Å². The van der Waals surface area contributed by atoms with Crippen molar-refractivity contribution in [2.75, 3.05) is 0 Å². The van der Waals surface area contributed by atoms with Crippen LogP contribution in [0.15, 0.2) is 78.9 Å². The molecule has 0 saturated heterocycles. The van der Waals surface area contributed by atoms with Crippen LogP contribution in [-0.2, 0) is 0 Å². The fraction of sp³-hybridized carbons (Fsp3) is 0. The Labute approximate surface area is 138 Å². The molecule has 0 amide bonds. The number of halogens is 1. The smallest absolute Gasteiger partial charge is 0.195 e. The minimum atomic E-state index is -0.355. The highest BCUT2D eigenvalue weighted by atomic mass is 19.1. The lowest BCUT2D eigenvalue weighted by Gasteiger charge is -2.06. The standard InChI is InChI=1S/C21H14FNO/c22-17-12-6-4-10-15(17)20-19(16-11-5-7-13-18(16)23-20)21(24)14-8-2-1-3-9-14/h1-13,23H. The summed E-state index contributed by atoms with van der Waals surface area (Å²) in [6.45, 7) is 0. The molecule has 1 aromatic heterocycles. The van der Waals surface area contributed by atoms with Crippen molar-refractivity contribution in [3.05, 3.63) is 95.8 Å². The maximum Gasteiger partial charge on any atom is 0.195 e. The van der Waals surface area contributed by atoms with Gasteiger partial charge in [0.1, 0.15) is 5.82 Å². The van der Waals surface area contributed by atoms with Gasteiger partial charge in [-0.2, -0.15) is 0 Å². The average molecular weight is 315 g/mol. The molecular weight excluding hydrogens is 301 g/mol. The van der Waals surface area contributed by atoms with E-state index in [2.05, 4.69) is 4.98 Å². The van der Waals surface area contributed by atoms with E-state index in [0.29, 0.717) is 22.4 Å². The number of ketones is 1. The zero-order valence-electron chi connectivity index (χ0n) is 12.8. The largest absolute Gasteiger partial charge is 0.354 e. The van der Waals surface area contributed by atoms with Crippen molar-refractivity contribution in [3.8, 4) is 11.3 Å². The van der Waals surface area contributed by atoms with Crippen molar-refractivity contribution in [2.45, 2.75) is 0 Å². The fourth-order valence-electron chi connectivity index (χ4n) is 2.98. The van der Waals surface area contributed by atoms with E-state index >= 15 is 0 Å². The third-order valence-corrected chi connectivity index (χ3v) is 4.11. The molecule has 0 unspecified atom stereocenters. The summed E-state index contributed by atoms with van der Waals surface area (Å²) in [6, 6.07) is 23.1. The third kappa shape index (κ3) is 2.31. The van der Waals surface area contributed by atoms with Crippen LogP contribution in [0.3, 0.4) is 0 Å². The number of hydrogen-bond acceptors (Lipinski definition) is 1. The van der Waals surface area contributed by atoms with E-state index in [9.17, 15) is 9.18 Å². The SMILES string of the molecule is O=C(c1ccccc1)c1c(-c2ccccc2F)[nH]c2ccccc12. The second-order valence-corrected chi connectivity index (χ2v) is 5.60. The number of nitrogens with one attached hydrogen (secondary N) is 1.